The molecule has 1 saturated heterocycles. The van der Waals surface area contributed by atoms with E-state index in [1.165, 1.54) is 12.1 Å². The summed E-state index contributed by atoms with van der Waals surface area (Å²) in [6.45, 7) is 5.41. The maximum Gasteiger partial charge on any atom is 0.261 e. The number of nitrogens with one attached hydrogen (secondary N) is 1. The van der Waals surface area contributed by atoms with Crippen molar-refractivity contribution in [3.63, 3.8) is 0 Å². The molecule has 2 aromatic carbocycles. The summed E-state index contributed by atoms with van der Waals surface area (Å²) in [5, 5.41) is 4.03. The summed E-state index contributed by atoms with van der Waals surface area (Å²) < 4.78 is 20.4. The number of fused-ring (bicyclic) bond motifs is 1. The van der Waals surface area contributed by atoms with Crippen molar-refractivity contribution in [3.05, 3.63) is 69.5 Å². The van der Waals surface area contributed by atoms with Crippen molar-refractivity contribution in [3.8, 4) is 0 Å². The molecule has 5 nitrogen and oxygen atoms in total. The predicted molar refractivity (Wildman–Crippen MR) is 113 cm³/mol. The van der Waals surface area contributed by atoms with Gasteiger partial charge in [0, 0.05) is 37.4 Å². The topological polar surface area (TPSA) is 56.2 Å². The molecule has 1 aliphatic rings. The van der Waals surface area contributed by atoms with Crippen LogP contribution in [0.15, 0.2) is 41.2 Å². The van der Waals surface area contributed by atoms with Gasteiger partial charge in [0.15, 0.2) is 0 Å². The van der Waals surface area contributed by atoms with Gasteiger partial charge in [-0.2, -0.15) is 0 Å². The Labute approximate surface area is 169 Å². The van der Waals surface area contributed by atoms with Gasteiger partial charge in [-0.3, -0.25) is 9.36 Å². The molecule has 3 aromatic rings. The zero-order valence-corrected chi connectivity index (χ0v) is 17.0. The standard InChI is InChI=1S/C23H26FN3O2/c1-14-12-19(15(2)25-18-6-4-17(24)5-7-18)21-20(13-14)23(28)27(3)22(26-21)16-8-10-29-11-9-16/h4-7,12-13,15-16,25H,8-11H2,1-3H3/t15-/m1/s1. The molecule has 0 radical (unpaired) electrons. The fourth-order valence-electron chi connectivity index (χ4n) is 4.09. The molecule has 1 N–H and O–H groups in total. The Kier molecular flexibility index (Phi) is 5.37. The van der Waals surface area contributed by atoms with Crippen LogP contribution in [0.5, 0.6) is 0 Å². The summed E-state index contributed by atoms with van der Waals surface area (Å²) in [5.41, 5.74) is 3.52. The van der Waals surface area contributed by atoms with Crippen molar-refractivity contribution >= 4 is 16.6 Å². The Morgan fingerprint density at radius 2 is 1.90 bits per heavy atom. The first-order valence-electron chi connectivity index (χ1n) is 10.0. The minimum Gasteiger partial charge on any atom is -0.381 e. The van der Waals surface area contributed by atoms with Gasteiger partial charge < -0.3 is 10.1 Å². The zero-order chi connectivity index (χ0) is 20.5. The SMILES string of the molecule is Cc1cc([C@@H](C)Nc2ccc(F)cc2)c2nc(C3CCOCC3)n(C)c(=O)c2c1. The van der Waals surface area contributed by atoms with Crippen molar-refractivity contribution in [1.82, 2.24) is 9.55 Å². The molecule has 0 saturated carbocycles. The summed E-state index contributed by atoms with van der Waals surface area (Å²) in [7, 11) is 1.81. The second-order valence-electron chi connectivity index (χ2n) is 7.84. The molecule has 29 heavy (non-hydrogen) atoms. The first kappa shape index (κ1) is 19.6. The second kappa shape index (κ2) is 7.95. The van der Waals surface area contributed by atoms with Crippen LogP contribution in [0, 0.1) is 12.7 Å². The van der Waals surface area contributed by atoms with Gasteiger partial charge in [0.25, 0.3) is 5.56 Å². The number of nitrogens with zero attached hydrogens (tertiary/aromatic N) is 2. The van der Waals surface area contributed by atoms with Crippen LogP contribution in [0.1, 0.15) is 48.7 Å². The molecular formula is C23H26FN3O2. The molecule has 0 amide bonds. The maximum atomic E-state index is 13.2. The molecule has 4 rings (SSSR count). The molecule has 6 heteroatoms. The zero-order valence-electron chi connectivity index (χ0n) is 17.0. The summed E-state index contributed by atoms with van der Waals surface area (Å²) in [6.07, 6.45) is 1.74. The summed E-state index contributed by atoms with van der Waals surface area (Å²) in [6, 6.07) is 10.2. The minimum atomic E-state index is -0.268. The highest BCUT2D eigenvalue weighted by atomic mass is 19.1. The van der Waals surface area contributed by atoms with Gasteiger partial charge >= 0.3 is 0 Å². The molecule has 152 valence electrons. The summed E-state index contributed by atoms with van der Waals surface area (Å²) in [4.78, 5) is 18.1. The predicted octanol–water partition coefficient (Wildman–Crippen LogP) is 4.45. The Bertz CT molecular complexity index is 1090. The lowest BCUT2D eigenvalue weighted by atomic mass is 9.97. The molecule has 1 aromatic heterocycles. The van der Waals surface area contributed by atoms with E-state index < -0.39 is 0 Å². The lowest BCUT2D eigenvalue weighted by Crippen LogP contribution is -2.27. The number of rotatable bonds is 4. The van der Waals surface area contributed by atoms with Crippen LogP contribution in [0.3, 0.4) is 0 Å². The van der Waals surface area contributed by atoms with Gasteiger partial charge in [0.1, 0.15) is 11.6 Å². The number of hydrogen-bond acceptors (Lipinski definition) is 4. The molecule has 0 unspecified atom stereocenters. The number of aryl methyl sites for hydroxylation is 1. The third kappa shape index (κ3) is 3.90. The molecule has 1 atom stereocenters. The van der Waals surface area contributed by atoms with Crippen LogP contribution >= 0.6 is 0 Å². The van der Waals surface area contributed by atoms with Crippen molar-refractivity contribution in [2.75, 3.05) is 18.5 Å². The molecule has 0 aliphatic carbocycles. The van der Waals surface area contributed by atoms with E-state index in [1.54, 1.807) is 16.7 Å². The summed E-state index contributed by atoms with van der Waals surface area (Å²) >= 11 is 0. The largest absolute Gasteiger partial charge is 0.381 e. The van der Waals surface area contributed by atoms with Crippen LogP contribution in [0.2, 0.25) is 0 Å². The molecule has 1 fully saturated rings. The smallest absolute Gasteiger partial charge is 0.261 e. The van der Waals surface area contributed by atoms with Crippen LogP contribution in [0.25, 0.3) is 10.9 Å². The van der Waals surface area contributed by atoms with E-state index in [4.69, 9.17) is 9.72 Å². The Balaban J connectivity index is 1.81. The van der Waals surface area contributed by atoms with Crippen molar-refractivity contribution < 1.29 is 9.13 Å². The highest BCUT2D eigenvalue weighted by Crippen LogP contribution is 2.30. The highest BCUT2D eigenvalue weighted by Gasteiger charge is 2.23. The Morgan fingerprint density at radius 3 is 2.59 bits per heavy atom. The molecule has 0 spiro atoms. The number of aromatic nitrogens is 2. The summed E-state index contributed by atoms with van der Waals surface area (Å²) in [5.74, 6) is 0.778. The first-order chi connectivity index (χ1) is 13.9. The normalized spacial score (nSPS) is 16.1. The van der Waals surface area contributed by atoms with Crippen LogP contribution in [-0.4, -0.2) is 22.8 Å². The van der Waals surface area contributed by atoms with Crippen LogP contribution in [-0.2, 0) is 11.8 Å². The van der Waals surface area contributed by atoms with Crippen molar-refractivity contribution in [2.24, 2.45) is 7.05 Å². The molecular weight excluding hydrogens is 369 g/mol. The average Bonchev–Trinajstić information content (AvgIpc) is 2.72. The number of halogens is 1. The quantitative estimate of drug-likeness (QED) is 0.709. The van der Waals surface area contributed by atoms with Gasteiger partial charge in [-0.15, -0.1) is 0 Å². The monoisotopic (exact) mass is 395 g/mol. The van der Waals surface area contributed by atoms with E-state index in [1.807, 2.05) is 27.0 Å². The van der Waals surface area contributed by atoms with Gasteiger partial charge in [0.05, 0.1) is 16.9 Å². The van der Waals surface area contributed by atoms with E-state index in [0.717, 1.165) is 41.0 Å². The van der Waals surface area contributed by atoms with Gasteiger partial charge in [-0.25, -0.2) is 9.37 Å². The van der Waals surface area contributed by atoms with Crippen molar-refractivity contribution in [2.45, 2.75) is 38.6 Å². The Hall–Kier alpha value is -2.73. The van der Waals surface area contributed by atoms with E-state index in [9.17, 15) is 9.18 Å². The van der Waals surface area contributed by atoms with E-state index in [0.29, 0.717) is 18.6 Å². The third-order valence-electron chi connectivity index (χ3n) is 5.67. The van der Waals surface area contributed by atoms with Crippen molar-refractivity contribution in [1.29, 1.82) is 0 Å². The first-order valence-corrected chi connectivity index (χ1v) is 10.0. The average molecular weight is 395 g/mol. The van der Waals surface area contributed by atoms with E-state index in [2.05, 4.69) is 11.4 Å². The van der Waals surface area contributed by atoms with Gasteiger partial charge in [-0.05, 0) is 62.6 Å². The number of hydrogen-bond donors (Lipinski definition) is 1. The Morgan fingerprint density at radius 1 is 1.21 bits per heavy atom. The number of ether oxygens (including phenoxy) is 1. The molecule has 0 bridgehead atoms. The number of benzene rings is 2. The van der Waals surface area contributed by atoms with Crippen LogP contribution < -0.4 is 10.9 Å². The molecule has 1 aliphatic heterocycles. The van der Waals surface area contributed by atoms with Gasteiger partial charge in [-0.1, -0.05) is 6.07 Å². The third-order valence-corrected chi connectivity index (χ3v) is 5.67. The highest BCUT2D eigenvalue weighted by molar-refractivity contribution is 5.83. The van der Waals surface area contributed by atoms with E-state index in [-0.39, 0.29) is 23.3 Å². The lowest BCUT2D eigenvalue weighted by Gasteiger charge is -2.24. The minimum absolute atomic E-state index is 0.0181. The maximum absolute atomic E-state index is 13.2. The number of anilines is 1. The van der Waals surface area contributed by atoms with E-state index >= 15 is 0 Å². The lowest BCUT2D eigenvalue weighted by molar-refractivity contribution is 0.0828. The van der Waals surface area contributed by atoms with Gasteiger partial charge in [0.2, 0.25) is 0 Å². The fourth-order valence-corrected chi connectivity index (χ4v) is 4.09. The molecule has 2 heterocycles. The fraction of sp³-hybridized carbons (Fsp3) is 0.391. The van der Waals surface area contributed by atoms with Crippen LogP contribution in [0.4, 0.5) is 10.1 Å². The second-order valence-corrected chi connectivity index (χ2v) is 7.84.